The lowest BCUT2D eigenvalue weighted by molar-refractivity contribution is 0.506. The van der Waals surface area contributed by atoms with Crippen LogP contribution in [0.4, 0.5) is 4.39 Å². The van der Waals surface area contributed by atoms with Crippen LogP contribution in [-0.2, 0) is 12.8 Å². The van der Waals surface area contributed by atoms with Gasteiger partial charge in [0.25, 0.3) is 0 Å². The van der Waals surface area contributed by atoms with E-state index in [9.17, 15) is 4.39 Å². The van der Waals surface area contributed by atoms with Gasteiger partial charge in [-0.15, -0.1) is 0 Å². The average molecular weight is 358 g/mol. The van der Waals surface area contributed by atoms with Crippen molar-refractivity contribution in [3.05, 3.63) is 68.9 Å². The van der Waals surface area contributed by atoms with E-state index in [1.54, 1.807) is 12.1 Å². The number of hydrogen-bond acceptors (Lipinski definition) is 2. The minimum atomic E-state index is -0.223. The predicted molar refractivity (Wildman–Crippen MR) is 84.1 cm³/mol. The molecule has 0 aliphatic rings. The van der Waals surface area contributed by atoms with Crippen molar-refractivity contribution in [2.75, 3.05) is 0 Å². The third kappa shape index (κ3) is 4.28. The molecule has 0 amide bonds. The minimum absolute atomic E-state index is 0.0581. The second kappa shape index (κ2) is 7.18. The summed E-state index contributed by atoms with van der Waals surface area (Å²) < 4.78 is 14.6. The molecule has 1 unspecified atom stereocenters. The summed E-state index contributed by atoms with van der Waals surface area (Å²) in [5.41, 5.74) is 4.43. The first-order valence-corrected chi connectivity index (χ1v) is 7.40. The van der Waals surface area contributed by atoms with Gasteiger partial charge in [0.1, 0.15) is 5.82 Å². The zero-order valence-corrected chi connectivity index (χ0v) is 13.1. The maximum absolute atomic E-state index is 13.8. The number of benzene rings is 2. The summed E-state index contributed by atoms with van der Waals surface area (Å²) in [7, 11) is 0. The van der Waals surface area contributed by atoms with Crippen molar-refractivity contribution in [2.24, 2.45) is 5.84 Å². The fraction of sp³-hybridized carbons (Fsp3) is 0.200. The van der Waals surface area contributed by atoms with Crippen molar-refractivity contribution in [1.29, 1.82) is 0 Å². The molecule has 0 aliphatic carbocycles. The fourth-order valence-corrected chi connectivity index (χ4v) is 2.73. The monoisotopic (exact) mass is 356 g/mol. The summed E-state index contributed by atoms with van der Waals surface area (Å²) in [6.07, 6.45) is 1.19. The number of nitrogens with one attached hydrogen (secondary N) is 1. The number of rotatable bonds is 5. The smallest absolute Gasteiger partial charge is 0.126 e. The van der Waals surface area contributed by atoms with Crippen LogP contribution in [0.2, 0.25) is 5.02 Å². The van der Waals surface area contributed by atoms with Crippen LogP contribution in [0, 0.1) is 5.82 Å². The van der Waals surface area contributed by atoms with Crippen LogP contribution in [-0.4, -0.2) is 6.04 Å². The van der Waals surface area contributed by atoms with E-state index in [0.717, 1.165) is 10.0 Å². The molecule has 0 saturated heterocycles. The highest BCUT2D eigenvalue weighted by Crippen LogP contribution is 2.19. The molecular formula is C15H15BrClFN2. The van der Waals surface area contributed by atoms with Crippen molar-refractivity contribution in [1.82, 2.24) is 5.43 Å². The standard InChI is InChI=1S/C15H15BrClFN2/c16-12-4-5-15(18)11(8-12)9-14(20-19)7-10-2-1-3-13(17)6-10/h1-6,8,14,20H,7,9,19H2. The van der Waals surface area contributed by atoms with Crippen LogP contribution < -0.4 is 11.3 Å². The van der Waals surface area contributed by atoms with Crippen LogP contribution in [0.1, 0.15) is 11.1 Å². The molecule has 0 aromatic heterocycles. The molecule has 0 aliphatic heterocycles. The topological polar surface area (TPSA) is 38.0 Å². The Hall–Kier alpha value is -0.940. The summed E-state index contributed by atoms with van der Waals surface area (Å²) in [4.78, 5) is 0. The number of hydrazine groups is 1. The molecule has 2 aromatic rings. The Bertz CT molecular complexity index is 592. The van der Waals surface area contributed by atoms with E-state index in [2.05, 4.69) is 21.4 Å². The Labute approximate surface area is 131 Å². The second-order valence-corrected chi connectivity index (χ2v) is 5.99. The predicted octanol–water partition coefficient (Wildman–Crippen LogP) is 3.86. The fourth-order valence-electron chi connectivity index (χ4n) is 2.10. The van der Waals surface area contributed by atoms with Crippen LogP contribution in [0.5, 0.6) is 0 Å². The third-order valence-corrected chi connectivity index (χ3v) is 3.81. The van der Waals surface area contributed by atoms with Gasteiger partial charge in [0, 0.05) is 15.5 Å². The summed E-state index contributed by atoms with van der Waals surface area (Å²) in [5, 5.41) is 0.687. The Morgan fingerprint density at radius 2 is 2.00 bits per heavy atom. The van der Waals surface area contributed by atoms with Crippen molar-refractivity contribution in [2.45, 2.75) is 18.9 Å². The summed E-state index contributed by atoms with van der Waals surface area (Å²) in [6, 6.07) is 12.4. The van der Waals surface area contributed by atoms with E-state index >= 15 is 0 Å². The van der Waals surface area contributed by atoms with Crippen molar-refractivity contribution >= 4 is 27.5 Å². The number of halogens is 3. The molecule has 2 nitrogen and oxygen atoms in total. The van der Waals surface area contributed by atoms with Gasteiger partial charge in [-0.25, -0.2) is 4.39 Å². The van der Waals surface area contributed by atoms with E-state index in [0.29, 0.717) is 23.4 Å². The molecule has 2 aromatic carbocycles. The molecule has 0 spiro atoms. The largest absolute Gasteiger partial charge is 0.271 e. The number of nitrogens with two attached hydrogens (primary N) is 1. The first-order valence-electron chi connectivity index (χ1n) is 6.23. The van der Waals surface area contributed by atoms with Crippen LogP contribution in [0.15, 0.2) is 46.9 Å². The van der Waals surface area contributed by atoms with E-state index in [1.807, 2.05) is 24.3 Å². The van der Waals surface area contributed by atoms with E-state index in [4.69, 9.17) is 17.4 Å². The first kappa shape index (κ1) is 15.4. The lowest BCUT2D eigenvalue weighted by atomic mass is 9.99. The maximum Gasteiger partial charge on any atom is 0.126 e. The lowest BCUT2D eigenvalue weighted by Gasteiger charge is -2.17. The van der Waals surface area contributed by atoms with Crippen molar-refractivity contribution in [3.8, 4) is 0 Å². The van der Waals surface area contributed by atoms with Gasteiger partial charge in [-0.05, 0) is 54.3 Å². The molecule has 0 bridgehead atoms. The van der Waals surface area contributed by atoms with Gasteiger partial charge in [0.05, 0.1) is 0 Å². The number of hydrogen-bond donors (Lipinski definition) is 2. The van der Waals surface area contributed by atoms with Gasteiger partial charge in [-0.1, -0.05) is 39.7 Å². The zero-order chi connectivity index (χ0) is 14.5. The molecule has 20 heavy (non-hydrogen) atoms. The molecule has 0 saturated carbocycles. The normalized spacial score (nSPS) is 12.4. The molecule has 106 valence electrons. The van der Waals surface area contributed by atoms with Crippen LogP contribution in [0.3, 0.4) is 0 Å². The average Bonchev–Trinajstić information content (AvgIpc) is 2.42. The van der Waals surface area contributed by atoms with Crippen molar-refractivity contribution in [3.63, 3.8) is 0 Å². The molecule has 3 N–H and O–H groups in total. The zero-order valence-electron chi connectivity index (χ0n) is 10.7. The molecule has 0 radical (unpaired) electrons. The molecule has 0 heterocycles. The van der Waals surface area contributed by atoms with Crippen LogP contribution in [0.25, 0.3) is 0 Å². The Morgan fingerprint density at radius 1 is 1.20 bits per heavy atom. The highest BCUT2D eigenvalue weighted by molar-refractivity contribution is 9.10. The molecule has 1 atom stereocenters. The lowest BCUT2D eigenvalue weighted by Crippen LogP contribution is -2.38. The quantitative estimate of drug-likeness (QED) is 0.630. The van der Waals surface area contributed by atoms with E-state index < -0.39 is 0 Å². The van der Waals surface area contributed by atoms with Crippen LogP contribution >= 0.6 is 27.5 Å². The summed E-state index contributed by atoms with van der Waals surface area (Å²) in [5.74, 6) is 5.35. The van der Waals surface area contributed by atoms with Gasteiger partial charge in [0.2, 0.25) is 0 Å². The highest BCUT2D eigenvalue weighted by atomic mass is 79.9. The summed E-state index contributed by atoms with van der Waals surface area (Å²) in [6.45, 7) is 0. The first-order chi connectivity index (χ1) is 9.58. The molecule has 2 rings (SSSR count). The van der Waals surface area contributed by atoms with Gasteiger partial charge in [-0.3, -0.25) is 11.3 Å². The van der Waals surface area contributed by atoms with E-state index in [-0.39, 0.29) is 11.9 Å². The highest BCUT2D eigenvalue weighted by Gasteiger charge is 2.12. The second-order valence-electron chi connectivity index (χ2n) is 4.64. The van der Waals surface area contributed by atoms with Gasteiger partial charge in [-0.2, -0.15) is 0 Å². The third-order valence-electron chi connectivity index (χ3n) is 3.08. The SMILES string of the molecule is NNC(Cc1cccc(Cl)c1)Cc1cc(Br)ccc1F. The van der Waals surface area contributed by atoms with Gasteiger partial charge >= 0.3 is 0 Å². The Balaban J connectivity index is 2.11. The molecule has 0 fully saturated rings. The Kier molecular flexibility index (Phi) is 5.54. The van der Waals surface area contributed by atoms with E-state index in [1.165, 1.54) is 6.07 Å². The minimum Gasteiger partial charge on any atom is -0.271 e. The van der Waals surface area contributed by atoms with Gasteiger partial charge in [0.15, 0.2) is 0 Å². The maximum atomic E-state index is 13.8. The van der Waals surface area contributed by atoms with Crippen molar-refractivity contribution < 1.29 is 4.39 Å². The molecular weight excluding hydrogens is 343 g/mol. The summed E-state index contributed by atoms with van der Waals surface area (Å²) >= 11 is 9.31. The Morgan fingerprint density at radius 3 is 2.70 bits per heavy atom. The molecule has 5 heteroatoms. The van der Waals surface area contributed by atoms with Gasteiger partial charge < -0.3 is 0 Å².